The Hall–Kier alpha value is -3.82. The molecule has 2 aliphatic rings. The molecule has 0 radical (unpaired) electrons. The lowest BCUT2D eigenvalue weighted by Gasteiger charge is -2.33. The lowest BCUT2D eigenvalue weighted by atomic mass is 9.68. The summed E-state index contributed by atoms with van der Waals surface area (Å²) in [5, 5.41) is 9.28. The summed E-state index contributed by atoms with van der Waals surface area (Å²) in [5.41, 5.74) is 4.88. The average Bonchev–Trinajstić information content (AvgIpc) is 3.22. The number of para-hydroxylation sites is 1. The molecule has 0 saturated heterocycles. The number of carbonyl (C=O) groups is 3. The molecule has 3 heterocycles. The first-order valence-electron chi connectivity index (χ1n) is 8.98. The molecular weight excluding hydrogens is 380 g/mol. The summed E-state index contributed by atoms with van der Waals surface area (Å²) in [7, 11) is 0. The SMILES string of the molecule is CCOC(=O)C1=C(N)Oc2n[nH]c(C(=O)OCC)c2C12C(=O)Nc1ccccc12. The van der Waals surface area contributed by atoms with Crippen molar-refractivity contribution in [1.29, 1.82) is 0 Å². The van der Waals surface area contributed by atoms with Gasteiger partial charge >= 0.3 is 11.9 Å². The lowest BCUT2D eigenvalue weighted by Crippen LogP contribution is -2.46. The van der Waals surface area contributed by atoms with Crippen molar-refractivity contribution in [3.05, 3.63) is 52.5 Å². The molecule has 29 heavy (non-hydrogen) atoms. The van der Waals surface area contributed by atoms with Crippen molar-refractivity contribution in [1.82, 2.24) is 10.2 Å². The minimum absolute atomic E-state index is 0.0515. The summed E-state index contributed by atoms with van der Waals surface area (Å²) in [6.45, 7) is 3.43. The molecule has 10 heteroatoms. The summed E-state index contributed by atoms with van der Waals surface area (Å²) in [6.07, 6.45) is 0. The van der Waals surface area contributed by atoms with Crippen LogP contribution in [0.5, 0.6) is 5.88 Å². The van der Waals surface area contributed by atoms with Gasteiger partial charge in [-0.1, -0.05) is 18.2 Å². The zero-order valence-corrected chi connectivity index (χ0v) is 15.7. The number of hydrogen-bond donors (Lipinski definition) is 3. The summed E-state index contributed by atoms with van der Waals surface area (Å²) in [5.74, 6) is -2.58. The molecule has 1 aromatic heterocycles. The molecule has 1 spiro atoms. The molecule has 0 aliphatic carbocycles. The fourth-order valence-corrected chi connectivity index (χ4v) is 3.77. The van der Waals surface area contributed by atoms with E-state index in [-0.39, 0.29) is 41.8 Å². The van der Waals surface area contributed by atoms with E-state index in [0.717, 1.165) is 0 Å². The fraction of sp³-hybridized carbons (Fsp3) is 0.263. The number of benzene rings is 1. The topological polar surface area (TPSA) is 146 Å². The molecule has 0 saturated carbocycles. The van der Waals surface area contributed by atoms with E-state index < -0.39 is 23.3 Å². The number of nitrogens with one attached hydrogen (secondary N) is 2. The van der Waals surface area contributed by atoms with E-state index in [9.17, 15) is 14.4 Å². The molecule has 1 aromatic carbocycles. The third-order valence-electron chi connectivity index (χ3n) is 4.82. The van der Waals surface area contributed by atoms with Crippen molar-refractivity contribution in [3.8, 4) is 5.88 Å². The Bertz CT molecular complexity index is 1070. The minimum Gasteiger partial charge on any atom is -0.462 e. The second-order valence-corrected chi connectivity index (χ2v) is 6.31. The third kappa shape index (κ3) is 2.42. The number of anilines is 1. The summed E-state index contributed by atoms with van der Waals surface area (Å²) >= 11 is 0. The lowest BCUT2D eigenvalue weighted by molar-refractivity contribution is -0.140. The number of fused-ring (bicyclic) bond motifs is 4. The normalized spacial score (nSPS) is 19.3. The fourth-order valence-electron chi connectivity index (χ4n) is 3.77. The van der Waals surface area contributed by atoms with Crippen molar-refractivity contribution in [2.45, 2.75) is 19.3 Å². The molecule has 4 rings (SSSR count). The van der Waals surface area contributed by atoms with Gasteiger partial charge in [0, 0.05) is 11.3 Å². The van der Waals surface area contributed by atoms with Crippen LogP contribution < -0.4 is 15.8 Å². The number of esters is 2. The summed E-state index contributed by atoms with van der Waals surface area (Å²) < 4.78 is 15.7. The Morgan fingerprint density at radius 2 is 1.86 bits per heavy atom. The Balaban J connectivity index is 2.08. The first kappa shape index (κ1) is 18.5. The van der Waals surface area contributed by atoms with E-state index in [4.69, 9.17) is 19.9 Å². The molecule has 10 nitrogen and oxygen atoms in total. The summed E-state index contributed by atoms with van der Waals surface area (Å²) in [6, 6.07) is 6.78. The second-order valence-electron chi connectivity index (χ2n) is 6.31. The zero-order valence-electron chi connectivity index (χ0n) is 15.7. The van der Waals surface area contributed by atoms with Crippen LogP contribution >= 0.6 is 0 Å². The van der Waals surface area contributed by atoms with Gasteiger partial charge in [0.1, 0.15) is 11.0 Å². The van der Waals surface area contributed by atoms with Crippen molar-refractivity contribution < 1.29 is 28.6 Å². The molecule has 4 N–H and O–H groups in total. The predicted octanol–water partition coefficient (Wildman–Crippen LogP) is 0.950. The Labute approximate surface area is 165 Å². The maximum absolute atomic E-state index is 13.4. The first-order chi connectivity index (χ1) is 14.0. The number of ether oxygens (including phenoxy) is 3. The van der Waals surface area contributed by atoms with Crippen molar-refractivity contribution in [2.24, 2.45) is 5.73 Å². The van der Waals surface area contributed by atoms with Crippen molar-refractivity contribution in [2.75, 3.05) is 18.5 Å². The molecule has 2 aliphatic heterocycles. The predicted molar refractivity (Wildman–Crippen MR) is 98.9 cm³/mol. The smallest absolute Gasteiger partial charge is 0.356 e. The van der Waals surface area contributed by atoms with Crippen LogP contribution in [0.1, 0.15) is 35.5 Å². The standard InChI is InChI=1S/C19H18N4O6/c1-3-27-16(24)12-14(20)29-15-11(13(22-23-15)17(25)28-4-2)19(12)9-7-5-6-8-10(9)21-18(19)26/h5-8H,3-4,20H2,1-2H3,(H,21,26)(H,22,23). The van der Waals surface area contributed by atoms with Crippen LogP contribution in [-0.2, 0) is 24.5 Å². The Kier molecular flexibility index (Phi) is 4.26. The second kappa shape index (κ2) is 6.66. The molecule has 1 unspecified atom stereocenters. The molecule has 0 bridgehead atoms. The maximum atomic E-state index is 13.4. The van der Waals surface area contributed by atoms with Crippen molar-refractivity contribution >= 4 is 23.5 Å². The van der Waals surface area contributed by atoms with Crippen LogP contribution in [0.15, 0.2) is 35.7 Å². The molecule has 150 valence electrons. The number of hydrogen-bond acceptors (Lipinski definition) is 8. The van der Waals surface area contributed by atoms with Crippen LogP contribution in [0.2, 0.25) is 0 Å². The first-order valence-corrected chi connectivity index (χ1v) is 8.98. The molecule has 0 fully saturated rings. The largest absolute Gasteiger partial charge is 0.462 e. The molecule has 1 atom stereocenters. The minimum atomic E-state index is -1.78. The van der Waals surface area contributed by atoms with Crippen LogP contribution in [0.4, 0.5) is 5.69 Å². The molecule has 1 amide bonds. The molecule has 2 aromatic rings. The zero-order chi connectivity index (χ0) is 20.8. The average molecular weight is 398 g/mol. The number of carbonyl (C=O) groups excluding carboxylic acids is 3. The van der Waals surface area contributed by atoms with E-state index in [1.807, 2.05) is 0 Å². The van der Waals surface area contributed by atoms with Gasteiger partial charge < -0.3 is 25.3 Å². The summed E-state index contributed by atoms with van der Waals surface area (Å²) in [4.78, 5) is 38.9. The number of aromatic amines is 1. The Morgan fingerprint density at radius 3 is 2.59 bits per heavy atom. The number of aromatic nitrogens is 2. The van der Waals surface area contributed by atoms with Gasteiger partial charge in [-0.25, -0.2) is 9.59 Å². The van der Waals surface area contributed by atoms with E-state index in [0.29, 0.717) is 11.3 Å². The van der Waals surface area contributed by atoms with E-state index in [1.165, 1.54) is 0 Å². The van der Waals surface area contributed by atoms with Gasteiger partial charge in [0.25, 0.3) is 0 Å². The van der Waals surface area contributed by atoms with Crippen LogP contribution in [0, 0.1) is 0 Å². The number of nitrogens with two attached hydrogens (primary N) is 1. The highest BCUT2D eigenvalue weighted by Gasteiger charge is 2.61. The van der Waals surface area contributed by atoms with E-state index >= 15 is 0 Å². The van der Waals surface area contributed by atoms with Gasteiger partial charge in [-0.15, -0.1) is 5.10 Å². The number of nitrogens with zero attached hydrogens (tertiary/aromatic N) is 1. The van der Waals surface area contributed by atoms with Crippen LogP contribution in [0.25, 0.3) is 0 Å². The quantitative estimate of drug-likeness (QED) is 0.645. The number of amides is 1. The Morgan fingerprint density at radius 1 is 1.17 bits per heavy atom. The van der Waals surface area contributed by atoms with Gasteiger partial charge in [-0.05, 0) is 19.9 Å². The van der Waals surface area contributed by atoms with Crippen molar-refractivity contribution in [3.63, 3.8) is 0 Å². The highest BCUT2D eigenvalue weighted by atomic mass is 16.5. The van der Waals surface area contributed by atoms with E-state index in [2.05, 4.69) is 15.5 Å². The van der Waals surface area contributed by atoms with Gasteiger partial charge in [0.15, 0.2) is 5.69 Å². The highest BCUT2D eigenvalue weighted by Crippen LogP contribution is 2.54. The third-order valence-corrected chi connectivity index (χ3v) is 4.82. The van der Waals surface area contributed by atoms with Gasteiger partial charge in [0.05, 0.1) is 18.8 Å². The number of H-pyrrole nitrogens is 1. The van der Waals surface area contributed by atoms with Gasteiger partial charge in [0.2, 0.25) is 17.7 Å². The highest BCUT2D eigenvalue weighted by molar-refractivity contribution is 6.18. The monoisotopic (exact) mass is 398 g/mol. The van der Waals surface area contributed by atoms with Crippen LogP contribution in [0.3, 0.4) is 0 Å². The molecular formula is C19H18N4O6. The number of rotatable bonds is 4. The maximum Gasteiger partial charge on any atom is 0.356 e. The van der Waals surface area contributed by atoms with Gasteiger partial charge in [-0.3, -0.25) is 9.89 Å². The van der Waals surface area contributed by atoms with E-state index in [1.54, 1.807) is 38.1 Å². The van der Waals surface area contributed by atoms with Gasteiger partial charge in [-0.2, -0.15) is 0 Å². The van der Waals surface area contributed by atoms with Crippen LogP contribution in [-0.4, -0.2) is 41.3 Å².